The van der Waals surface area contributed by atoms with Gasteiger partial charge in [0.25, 0.3) is 0 Å². The SMILES string of the molecule is Cc1ccc2c(c1)[C@]1(C[C@H]1c1ccc3c(Nc4nc(C)nc(N5CCS(=O)(=O)CC5)c4C)nn(C(=O)OC(C)(C)C)c3c1)C(=O)N2C(=O)OC(C)(C)C. The third-order valence-corrected chi connectivity index (χ3v) is 11.4. The fourth-order valence-corrected chi connectivity index (χ4v) is 8.48. The van der Waals surface area contributed by atoms with E-state index in [4.69, 9.17) is 9.47 Å². The van der Waals surface area contributed by atoms with Crippen molar-refractivity contribution in [1.29, 1.82) is 0 Å². The maximum absolute atomic E-state index is 14.3. The molecule has 280 valence electrons. The van der Waals surface area contributed by atoms with Gasteiger partial charge in [-0.05, 0) is 98.1 Å². The quantitative estimate of drug-likeness (QED) is 0.251. The van der Waals surface area contributed by atoms with Gasteiger partial charge in [0, 0.05) is 30.0 Å². The molecule has 1 aliphatic carbocycles. The van der Waals surface area contributed by atoms with Crippen molar-refractivity contribution in [2.45, 2.75) is 91.3 Å². The summed E-state index contributed by atoms with van der Waals surface area (Å²) in [5, 5.41) is 8.61. The molecule has 2 aromatic carbocycles. The maximum atomic E-state index is 14.3. The highest BCUT2D eigenvalue weighted by Crippen LogP contribution is 2.66. The van der Waals surface area contributed by atoms with Gasteiger partial charge in [0.2, 0.25) is 5.91 Å². The van der Waals surface area contributed by atoms with E-state index >= 15 is 0 Å². The first-order chi connectivity index (χ1) is 24.7. The Morgan fingerprint density at radius 3 is 2.21 bits per heavy atom. The number of carbonyl (C=O) groups excluding carboxylic acids is 3. The summed E-state index contributed by atoms with van der Waals surface area (Å²) in [6.07, 6.45) is -0.926. The molecule has 2 aliphatic heterocycles. The van der Waals surface area contributed by atoms with Crippen LogP contribution in [0, 0.1) is 20.8 Å². The molecular weight excluding hydrogens is 699 g/mol. The first-order valence-electron chi connectivity index (χ1n) is 17.7. The summed E-state index contributed by atoms with van der Waals surface area (Å²) in [5.74, 6) is 1.40. The number of aromatic nitrogens is 4. The van der Waals surface area contributed by atoms with Crippen LogP contribution in [-0.4, -0.2) is 82.1 Å². The van der Waals surface area contributed by atoms with E-state index in [-0.39, 0.29) is 23.3 Å². The number of sulfone groups is 1. The van der Waals surface area contributed by atoms with E-state index in [9.17, 15) is 22.8 Å². The van der Waals surface area contributed by atoms with E-state index in [1.54, 1.807) is 54.5 Å². The highest BCUT2D eigenvalue weighted by atomic mass is 32.2. The number of aryl methyl sites for hydroxylation is 2. The number of rotatable bonds is 4. The van der Waals surface area contributed by atoms with Gasteiger partial charge in [-0.3, -0.25) is 4.79 Å². The van der Waals surface area contributed by atoms with Crippen LogP contribution in [0.1, 0.15) is 82.0 Å². The fraction of sp³-hybridized carbons (Fsp3) is 0.474. The lowest BCUT2D eigenvalue weighted by atomic mass is 9.91. The van der Waals surface area contributed by atoms with Gasteiger partial charge in [-0.15, -0.1) is 5.10 Å². The standard InChI is InChI=1S/C38H45N7O7S/c1-21-10-13-28-26(18-21)38(33(46)44(28)34(47)51-36(4,5)6)20-27(38)24-11-12-25-29(19-24)45(35(48)52-37(7,8)9)42-31(25)41-30-22(2)32(40-23(3)39-30)43-14-16-53(49,50)17-15-43/h10-13,18-19,27H,14-17,20H2,1-9H3,(H,39,40,41,42)/t27-,38-/m0/s1. The summed E-state index contributed by atoms with van der Waals surface area (Å²) in [6, 6.07) is 11.3. The first kappa shape index (κ1) is 36.3. The van der Waals surface area contributed by atoms with Crippen LogP contribution in [0.4, 0.5) is 32.7 Å². The van der Waals surface area contributed by atoms with E-state index < -0.39 is 38.6 Å². The maximum Gasteiger partial charge on any atom is 0.435 e. The molecule has 14 nitrogen and oxygen atoms in total. The average molecular weight is 744 g/mol. The molecule has 2 amide bonds. The second kappa shape index (κ2) is 12.3. The van der Waals surface area contributed by atoms with Crippen molar-refractivity contribution in [3.63, 3.8) is 0 Å². The molecule has 15 heteroatoms. The zero-order chi connectivity index (χ0) is 38.4. The van der Waals surface area contributed by atoms with Gasteiger partial charge >= 0.3 is 12.2 Å². The monoisotopic (exact) mass is 743 g/mol. The van der Waals surface area contributed by atoms with Gasteiger partial charge in [-0.2, -0.15) is 4.68 Å². The van der Waals surface area contributed by atoms with Crippen molar-refractivity contribution in [3.8, 4) is 0 Å². The Morgan fingerprint density at radius 1 is 0.887 bits per heavy atom. The third kappa shape index (κ3) is 6.59. The minimum atomic E-state index is -3.09. The Balaban J connectivity index is 1.28. The van der Waals surface area contributed by atoms with E-state index in [2.05, 4.69) is 20.4 Å². The predicted octanol–water partition coefficient (Wildman–Crippen LogP) is 6.22. The van der Waals surface area contributed by atoms with Crippen molar-refractivity contribution in [2.24, 2.45) is 0 Å². The van der Waals surface area contributed by atoms with Crippen molar-refractivity contribution in [1.82, 2.24) is 19.7 Å². The molecule has 1 spiro atoms. The molecule has 1 N–H and O–H groups in total. The Hall–Kier alpha value is -5.05. The smallest absolute Gasteiger partial charge is 0.435 e. The second-order valence-corrected chi connectivity index (χ2v) is 18.5. The number of amides is 2. The predicted molar refractivity (Wildman–Crippen MR) is 201 cm³/mol. The second-order valence-electron chi connectivity index (χ2n) is 16.2. The minimum absolute atomic E-state index is 0.0453. The molecule has 7 rings (SSSR count). The highest BCUT2D eigenvalue weighted by Gasteiger charge is 2.68. The van der Waals surface area contributed by atoms with E-state index in [1.807, 2.05) is 49.1 Å². The highest BCUT2D eigenvalue weighted by molar-refractivity contribution is 7.91. The molecule has 2 aromatic heterocycles. The molecule has 2 atom stereocenters. The van der Waals surface area contributed by atoms with E-state index in [0.717, 1.165) is 21.6 Å². The summed E-state index contributed by atoms with van der Waals surface area (Å²) in [4.78, 5) is 53.7. The number of imide groups is 1. The van der Waals surface area contributed by atoms with Crippen LogP contribution < -0.4 is 15.1 Å². The van der Waals surface area contributed by atoms with Crippen LogP contribution in [0.15, 0.2) is 36.4 Å². The van der Waals surface area contributed by atoms with Crippen LogP contribution in [0.3, 0.4) is 0 Å². The number of hydrogen-bond acceptors (Lipinski definition) is 12. The molecule has 1 saturated carbocycles. The number of benzene rings is 2. The number of nitrogens with one attached hydrogen (secondary N) is 1. The van der Waals surface area contributed by atoms with Crippen LogP contribution in [0.25, 0.3) is 10.9 Å². The zero-order valence-electron chi connectivity index (χ0n) is 31.5. The lowest BCUT2D eigenvalue weighted by Crippen LogP contribution is -2.41. The minimum Gasteiger partial charge on any atom is -0.443 e. The van der Waals surface area contributed by atoms with Crippen LogP contribution >= 0.6 is 0 Å². The molecule has 0 unspecified atom stereocenters. The summed E-state index contributed by atoms with van der Waals surface area (Å²) in [5.41, 5.74) is 1.66. The molecule has 0 bridgehead atoms. The zero-order valence-corrected chi connectivity index (χ0v) is 32.3. The van der Waals surface area contributed by atoms with Crippen molar-refractivity contribution in [2.75, 3.05) is 39.7 Å². The van der Waals surface area contributed by atoms with Gasteiger partial charge in [0.15, 0.2) is 15.7 Å². The largest absolute Gasteiger partial charge is 0.443 e. The van der Waals surface area contributed by atoms with Gasteiger partial charge in [0.1, 0.15) is 28.7 Å². The number of fused-ring (bicyclic) bond motifs is 3. The Kier molecular flexibility index (Phi) is 8.39. The van der Waals surface area contributed by atoms with Crippen molar-refractivity contribution in [3.05, 3.63) is 64.5 Å². The molecule has 0 radical (unpaired) electrons. The van der Waals surface area contributed by atoms with E-state index in [0.29, 0.717) is 64.9 Å². The van der Waals surface area contributed by atoms with Gasteiger partial charge in [-0.25, -0.2) is 32.9 Å². The molecule has 2 fully saturated rings. The van der Waals surface area contributed by atoms with Crippen molar-refractivity contribution >= 4 is 62.0 Å². The number of nitrogens with zero attached hydrogens (tertiary/aromatic N) is 6. The van der Waals surface area contributed by atoms with Crippen LogP contribution in [-0.2, 0) is 29.5 Å². The number of ether oxygens (including phenoxy) is 2. The lowest BCUT2D eigenvalue weighted by molar-refractivity contribution is -0.120. The molecular formula is C38H45N7O7S. The third-order valence-electron chi connectivity index (χ3n) is 9.78. The average Bonchev–Trinajstić information content (AvgIpc) is 3.63. The first-order valence-corrected chi connectivity index (χ1v) is 19.5. The van der Waals surface area contributed by atoms with Crippen LogP contribution in [0.5, 0.6) is 0 Å². The number of carbonyl (C=O) groups is 3. The normalized spacial score (nSPS) is 20.8. The number of hydrogen-bond donors (Lipinski definition) is 1. The number of anilines is 4. The van der Waals surface area contributed by atoms with Crippen molar-refractivity contribution < 1.29 is 32.3 Å². The summed E-state index contributed by atoms with van der Waals surface area (Å²) in [6.45, 7) is 16.8. The molecule has 1 saturated heterocycles. The van der Waals surface area contributed by atoms with Gasteiger partial charge in [-0.1, -0.05) is 23.8 Å². The molecule has 53 heavy (non-hydrogen) atoms. The Bertz CT molecular complexity index is 2310. The summed E-state index contributed by atoms with van der Waals surface area (Å²) < 4.78 is 36.9. The lowest BCUT2D eigenvalue weighted by Gasteiger charge is -2.29. The Labute approximate surface area is 308 Å². The van der Waals surface area contributed by atoms with E-state index in [1.165, 1.54) is 4.68 Å². The summed E-state index contributed by atoms with van der Waals surface area (Å²) >= 11 is 0. The fourth-order valence-electron chi connectivity index (χ4n) is 7.28. The summed E-state index contributed by atoms with van der Waals surface area (Å²) in [7, 11) is -3.09. The van der Waals surface area contributed by atoms with Crippen LogP contribution in [0.2, 0.25) is 0 Å². The van der Waals surface area contributed by atoms with Gasteiger partial charge in [0.05, 0.1) is 28.1 Å². The topological polar surface area (TPSA) is 166 Å². The molecule has 3 aliphatic rings. The van der Waals surface area contributed by atoms with Gasteiger partial charge < -0.3 is 19.7 Å². The molecule has 4 aromatic rings. The Morgan fingerprint density at radius 2 is 1.55 bits per heavy atom. The molecule has 4 heterocycles.